The number of fused-ring (bicyclic) bond motifs is 5. The second-order valence-corrected chi connectivity index (χ2v) is 11.1. The van der Waals surface area contributed by atoms with Crippen molar-refractivity contribution in [3.8, 4) is 0 Å². The predicted molar refractivity (Wildman–Crippen MR) is 114 cm³/mol. The molecule has 3 fully saturated rings. The van der Waals surface area contributed by atoms with Crippen LogP contribution in [0.1, 0.15) is 46.5 Å². The molecule has 0 radical (unpaired) electrons. The zero-order valence-corrected chi connectivity index (χ0v) is 19.5. The zero-order valence-electron chi connectivity index (χ0n) is 18.7. The van der Waals surface area contributed by atoms with Crippen molar-refractivity contribution >= 4 is 22.0 Å². The van der Waals surface area contributed by atoms with Crippen LogP contribution in [0.3, 0.4) is 0 Å². The minimum Gasteiger partial charge on any atom is -0.390 e. The number of halogens is 1. The van der Waals surface area contributed by atoms with Crippen molar-refractivity contribution in [2.24, 2.45) is 28.6 Å². The van der Waals surface area contributed by atoms with Gasteiger partial charge < -0.3 is 15.3 Å². The average Bonchev–Trinajstić information content (AvgIpc) is 2.89. The molecule has 0 aromatic carbocycles. The summed E-state index contributed by atoms with van der Waals surface area (Å²) in [4.78, 5) is 24.4. The maximum absolute atomic E-state index is 16.9. The molecule has 4 aliphatic carbocycles. The van der Waals surface area contributed by atoms with Crippen LogP contribution in [0.2, 0.25) is 0 Å². The van der Waals surface area contributed by atoms with Gasteiger partial charge in [-0.3, -0.25) is 18.7 Å². The molecule has 3 saturated carbocycles. The number of allylic oxidation sites excluding steroid dienone is 4. The third-order valence-electron chi connectivity index (χ3n) is 8.79. The number of alkyl halides is 1. The van der Waals surface area contributed by atoms with Crippen LogP contribution < -0.4 is 0 Å². The summed E-state index contributed by atoms with van der Waals surface area (Å²) < 4.78 is 48.4. The molecule has 11 heteroatoms. The van der Waals surface area contributed by atoms with E-state index in [1.54, 1.807) is 26.8 Å². The highest BCUT2D eigenvalue weighted by molar-refractivity contribution is 7.79. The Hall–Kier alpha value is -1.50. The number of Topliss-reactive ketones (excluding diaryl/α,β-unsaturated/α-hetero) is 1. The molecule has 4 rings (SSSR count). The molecule has 0 aromatic heterocycles. The van der Waals surface area contributed by atoms with Gasteiger partial charge in [-0.05, 0) is 56.6 Å². The molecular weight excluding hydrogens is 459 g/mol. The Labute approximate surface area is 192 Å². The molecular formula is C22H31FO9S. The Kier molecular flexibility index (Phi) is 6.35. The third kappa shape index (κ3) is 3.64. The fourth-order valence-electron chi connectivity index (χ4n) is 7.26. The first-order chi connectivity index (χ1) is 15.0. The van der Waals surface area contributed by atoms with Gasteiger partial charge in [-0.2, -0.15) is 8.42 Å². The summed E-state index contributed by atoms with van der Waals surface area (Å²) in [5.74, 6) is -2.12. The molecule has 0 bridgehead atoms. The number of carbonyl (C=O) groups is 2. The average molecular weight is 491 g/mol. The summed E-state index contributed by atoms with van der Waals surface area (Å²) in [6.45, 7) is 4.48. The van der Waals surface area contributed by atoms with E-state index in [9.17, 15) is 24.9 Å². The number of hydrogen-bond acceptors (Lipinski definition) is 7. The van der Waals surface area contributed by atoms with Crippen LogP contribution in [-0.4, -0.2) is 68.4 Å². The smallest absolute Gasteiger partial charge is 0.390 e. The first-order valence-electron chi connectivity index (χ1n) is 10.8. The second-order valence-electron chi connectivity index (χ2n) is 10.2. The monoisotopic (exact) mass is 490 g/mol. The van der Waals surface area contributed by atoms with Crippen LogP contribution in [0, 0.1) is 28.6 Å². The van der Waals surface area contributed by atoms with E-state index in [4.69, 9.17) is 17.5 Å². The van der Waals surface area contributed by atoms with E-state index in [0.717, 1.165) is 0 Å². The van der Waals surface area contributed by atoms with Crippen molar-refractivity contribution in [1.29, 1.82) is 0 Å². The van der Waals surface area contributed by atoms with Crippen LogP contribution in [0.5, 0.6) is 0 Å². The first kappa shape index (κ1) is 26.1. The summed E-state index contributed by atoms with van der Waals surface area (Å²) in [6.07, 6.45) is 4.44. The summed E-state index contributed by atoms with van der Waals surface area (Å²) in [5.41, 5.74) is -5.17. The van der Waals surface area contributed by atoms with Crippen molar-refractivity contribution in [1.82, 2.24) is 0 Å². The van der Waals surface area contributed by atoms with Crippen LogP contribution in [0.25, 0.3) is 0 Å². The molecule has 0 amide bonds. The minimum absolute atomic E-state index is 0.0676. The number of hydrogen-bond donors (Lipinski definition) is 5. The summed E-state index contributed by atoms with van der Waals surface area (Å²) in [5, 5.41) is 32.0. The topological polar surface area (TPSA) is 169 Å². The number of ketones is 2. The lowest BCUT2D eigenvalue weighted by molar-refractivity contribution is -0.219. The van der Waals surface area contributed by atoms with E-state index in [-0.39, 0.29) is 18.1 Å². The fourth-order valence-corrected chi connectivity index (χ4v) is 7.26. The lowest BCUT2D eigenvalue weighted by atomic mass is 9.44. The van der Waals surface area contributed by atoms with Gasteiger partial charge in [0.25, 0.3) is 0 Å². The number of rotatable bonds is 2. The van der Waals surface area contributed by atoms with Gasteiger partial charge in [0.1, 0.15) is 12.2 Å². The van der Waals surface area contributed by atoms with E-state index >= 15 is 4.39 Å². The van der Waals surface area contributed by atoms with Crippen molar-refractivity contribution in [3.05, 3.63) is 23.8 Å². The molecule has 0 aliphatic heterocycles. The van der Waals surface area contributed by atoms with Crippen LogP contribution >= 0.6 is 0 Å². The summed E-state index contributed by atoms with van der Waals surface area (Å²) in [6, 6.07) is 0. The highest BCUT2D eigenvalue weighted by atomic mass is 32.3. The van der Waals surface area contributed by atoms with Crippen molar-refractivity contribution in [2.75, 3.05) is 6.61 Å². The SMILES string of the molecule is C[C@@H]1C[C@H]2[C@@H]3CCC4=CC(=O)C=C[C@]4(C)[C@@]3(F)[C@@H](O)C[C@]2(C)[C@@]1(O)C(=O)CO.O=S(=O)(O)O. The van der Waals surface area contributed by atoms with Gasteiger partial charge in [0.2, 0.25) is 0 Å². The molecule has 5 N–H and O–H groups in total. The van der Waals surface area contributed by atoms with Crippen molar-refractivity contribution in [3.63, 3.8) is 0 Å². The minimum atomic E-state index is -4.67. The molecule has 0 aromatic rings. The van der Waals surface area contributed by atoms with E-state index < -0.39 is 62.8 Å². The predicted octanol–water partition coefficient (Wildman–Crippen LogP) is 1.24. The van der Waals surface area contributed by atoms with E-state index in [0.29, 0.717) is 24.8 Å². The highest BCUT2D eigenvalue weighted by Gasteiger charge is 2.75. The molecule has 0 unspecified atom stereocenters. The van der Waals surface area contributed by atoms with E-state index in [2.05, 4.69) is 0 Å². The van der Waals surface area contributed by atoms with E-state index in [1.807, 2.05) is 0 Å². The molecule has 186 valence electrons. The standard InChI is InChI=1S/C22H29FO5.H2O4S/c1-12-8-16-15-5-4-13-9-14(25)6-7-19(13,2)21(15,23)17(26)10-20(16,3)22(12,28)18(27)11-24;1-5(2,3)4/h6-7,9,12,15-17,24,26,28H,4-5,8,10-11H2,1-3H3;(H2,1,2,3,4)/t12-,15+,16+,17+,19+,20+,21+,22+;/m1./s1. The highest BCUT2D eigenvalue weighted by Crippen LogP contribution is 2.70. The third-order valence-corrected chi connectivity index (χ3v) is 8.79. The molecule has 9 nitrogen and oxygen atoms in total. The van der Waals surface area contributed by atoms with Gasteiger partial charge in [-0.1, -0.05) is 25.5 Å². The van der Waals surface area contributed by atoms with Gasteiger partial charge in [-0.15, -0.1) is 0 Å². The Morgan fingerprint density at radius 1 is 1.24 bits per heavy atom. The van der Waals surface area contributed by atoms with Gasteiger partial charge in [0.05, 0.1) is 6.10 Å². The van der Waals surface area contributed by atoms with E-state index in [1.165, 1.54) is 12.2 Å². The zero-order chi connectivity index (χ0) is 25.2. The van der Waals surface area contributed by atoms with Gasteiger partial charge >= 0.3 is 10.4 Å². The Morgan fingerprint density at radius 3 is 2.36 bits per heavy atom. The van der Waals surface area contributed by atoms with Gasteiger partial charge in [-0.25, -0.2) is 4.39 Å². The molecule has 4 aliphatic rings. The molecule has 33 heavy (non-hydrogen) atoms. The maximum atomic E-state index is 16.9. The largest absolute Gasteiger partial charge is 0.394 e. The normalized spacial score (nSPS) is 46.3. The first-order valence-corrected chi connectivity index (χ1v) is 12.2. The van der Waals surface area contributed by atoms with Crippen molar-refractivity contribution < 1.29 is 46.8 Å². The Bertz CT molecular complexity index is 1010. The summed E-state index contributed by atoms with van der Waals surface area (Å²) in [7, 11) is -4.67. The molecule has 8 atom stereocenters. The molecule has 0 spiro atoms. The van der Waals surface area contributed by atoms with Crippen LogP contribution in [0.4, 0.5) is 4.39 Å². The lowest BCUT2D eigenvalue weighted by Crippen LogP contribution is -2.69. The lowest BCUT2D eigenvalue weighted by Gasteiger charge is -2.62. The number of aliphatic hydroxyl groups is 3. The second kappa shape index (κ2) is 8.03. The molecule has 0 heterocycles. The maximum Gasteiger partial charge on any atom is 0.394 e. The van der Waals surface area contributed by atoms with Gasteiger partial charge in [0, 0.05) is 16.7 Å². The molecule has 0 saturated heterocycles. The quantitative estimate of drug-likeness (QED) is 0.357. The van der Waals surface area contributed by atoms with Gasteiger partial charge in [0.15, 0.2) is 17.2 Å². The van der Waals surface area contributed by atoms with Crippen LogP contribution in [-0.2, 0) is 20.0 Å². The fraction of sp³-hybridized carbons (Fsp3) is 0.727. The number of aliphatic hydroxyl groups excluding tert-OH is 2. The van der Waals surface area contributed by atoms with Crippen LogP contribution in [0.15, 0.2) is 23.8 Å². The Balaban J connectivity index is 0.000000555. The Morgan fingerprint density at radius 2 is 1.82 bits per heavy atom. The number of carbonyl (C=O) groups excluding carboxylic acids is 2. The van der Waals surface area contributed by atoms with Crippen molar-refractivity contribution in [2.45, 2.75) is 63.8 Å². The summed E-state index contributed by atoms with van der Waals surface area (Å²) >= 11 is 0.